The van der Waals surface area contributed by atoms with Crippen molar-refractivity contribution in [3.05, 3.63) is 54.1 Å². The van der Waals surface area contributed by atoms with E-state index in [1.165, 1.54) is 16.9 Å². The molecule has 0 aliphatic carbocycles. The molecule has 1 fully saturated rings. The lowest BCUT2D eigenvalue weighted by atomic mass is 10.1. The van der Waals surface area contributed by atoms with E-state index in [1.807, 2.05) is 0 Å². The second kappa shape index (κ2) is 7.50. The predicted octanol–water partition coefficient (Wildman–Crippen LogP) is 1.56. The van der Waals surface area contributed by atoms with E-state index in [9.17, 15) is 14.4 Å². The number of imide groups is 1. The van der Waals surface area contributed by atoms with Crippen LogP contribution in [0.15, 0.2) is 48.5 Å². The third-order valence-electron chi connectivity index (χ3n) is 4.28. The summed E-state index contributed by atoms with van der Waals surface area (Å²) in [5.74, 6) is -0.770. The number of amides is 2. The Morgan fingerprint density at radius 3 is 2.24 bits per heavy atom. The number of methoxy groups -OCH3 is 1. The summed E-state index contributed by atoms with van der Waals surface area (Å²) in [5, 5.41) is 12.9. The zero-order valence-electron chi connectivity index (χ0n) is 15.3. The van der Waals surface area contributed by atoms with Gasteiger partial charge in [-0.3, -0.25) is 9.59 Å². The summed E-state index contributed by atoms with van der Waals surface area (Å²) in [4.78, 5) is 41.5. The molecule has 2 aromatic carbocycles. The number of hydroxylamine groups is 2. The number of hydrogen-bond donors (Lipinski definition) is 0. The van der Waals surface area contributed by atoms with Gasteiger partial charge in [-0.1, -0.05) is 12.1 Å². The zero-order chi connectivity index (χ0) is 20.4. The highest BCUT2D eigenvalue weighted by Crippen LogP contribution is 2.19. The van der Waals surface area contributed by atoms with Gasteiger partial charge < -0.3 is 9.57 Å². The highest BCUT2D eigenvalue weighted by molar-refractivity contribution is 6.02. The molecule has 2 amide bonds. The van der Waals surface area contributed by atoms with E-state index in [0.717, 1.165) is 0 Å². The lowest BCUT2D eigenvalue weighted by molar-refractivity contribution is -0.172. The van der Waals surface area contributed by atoms with Gasteiger partial charge in [-0.05, 0) is 41.6 Å². The number of carbonyl (C=O) groups excluding carboxylic acids is 3. The molecule has 0 bridgehead atoms. The molecule has 1 saturated heterocycles. The number of ether oxygens (including phenoxy) is 1. The molecule has 0 atom stereocenters. The Morgan fingerprint density at radius 1 is 0.966 bits per heavy atom. The van der Waals surface area contributed by atoms with E-state index in [-0.39, 0.29) is 18.4 Å². The van der Waals surface area contributed by atoms with Crippen LogP contribution < -0.4 is 4.74 Å². The van der Waals surface area contributed by atoms with E-state index in [1.54, 1.807) is 43.5 Å². The fourth-order valence-electron chi connectivity index (χ4n) is 2.70. The molecule has 10 heteroatoms. The number of carbonyl (C=O) groups is 3. The van der Waals surface area contributed by atoms with Crippen molar-refractivity contribution in [3.63, 3.8) is 0 Å². The minimum atomic E-state index is -0.796. The average Bonchev–Trinajstić information content (AvgIpc) is 3.37. The van der Waals surface area contributed by atoms with Gasteiger partial charge >= 0.3 is 5.97 Å². The Hall–Kier alpha value is -4.08. The van der Waals surface area contributed by atoms with Crippen LogP contribution in [0.3, 0.4) is 0 Å². The first-order chi connectivity index (χ1) is 14.0. The predicted molar refractivity (Wildman–Crippen MR) is 97.6 cm³/mol. The maximum atomic E-state index is 12.2. The van der Waals surface area contributed by atoms with Gasteiger partial charge in [0.1, 0.15) is 5.75 Å². The van der Waals surface area contributed by atoms with Crippen molar-refractivity contribution in [3.8, 4) is 22.8 Å². The highest BCUT2D eigenvalue weighted by atomic mass is 16.7. The lowest BCUT2D eigenvalue weighted by Gasteiger charge is -2.12. The van der Waals surface area contributed by atoms with Crippen LogP contribution in [0.25, 0.3) is 17.1 Å². The van der Waals surface area contributed by atoms with Gasteiger partial charge in [0, 0.05) is 18.4 Å². The van der Waals surface area contributed by atoms with E-state index in [0.29, 0.717) is 27.9 Å². The summed E-state index contributed by atoms with van der Waals surface area (Å²) in [6, 6.07) is 13.4. The van der Waals surface area contributed by atoms with Crippen molar-refractivity contribution < 1.29 is 24.0 Å². The smallest absolute Gasteiger partial charge is 0.363 e. The van der Waals surface area contributed by atoms with E-state index in [4.69, 9.17) is 9.57 Å². The topological polar surface area (TPSA) is 117 Å². The first-order valence-electron chi connectivity index (χ1n) is 8.68. The molecule has 0 saturated carbocycles. The second-order valence-corrected chi connectivity index (χ2v) is 6.14. The Bertz CT molecular complexity index is 1060. The Labute approximate surface area is 164 Å². The summed E-state index contributed by atoms with van der Waals surface area (Å²) in [6.45, 7) is 0. The third-order valence-corrected chi connectivity index (χ3v) is 4.28. The molecule has 1 aliphatic rings. The van der Waals surface area contributed by atoms with E-state index >= 15 is 0 Å². The highest BCUT2D eigenvalue weighted by Gasteiger charge is 2.33. The van der Waals surface area contributed by atoms with Crippen LogP contribution in [0.4, 0.5) is 0 Å². The molecular formula is C19H15N5O5. The number of tetrazole rings is 1. The third kappa shape index (κ3) is 3.68. The molecule has 1 aromatic heterocycles. The van der Waals surface area contributed by atoms with Crippen LogP contribution in [0.2, 0.25) is 0 Å². The molecule has 0 spiro atoms. The Balaban J connectivity index is 1.48. The maximum absolute atomic E-state index is 12.2. The van der Waals surface area contributed by atoms with Crippen LogP contribution >= 0.6 is 0 Å². The van der Waals surface area contributed by atoms with Crippen molar-refractivity contribution in [2.75, 3.05) is 7.11 Å². The van der Waals surface area contributed by atoms with Gasteiger partial charge in [0.15, 0.2) is 0 Å². The monoisotopic (exact) mass is 393 g/mol. The molecular weight excluding hydrogens is 378 g/mol. The quantitative estimate of drug-likeness (QED) is 0.600. The lowest BCUT2D eigenvalue weighted by Crippen LogP contribution is -2.32. The normalized spacial score (nSPS) is 13.6. The number of nitrogens with zero attached hydrogens (tertiary/aromatic N) is 5. The largest absolute Gasteiger partial charge is 0.497 e. The van der Waals surface area contributed by atoms with E-state index < -0.39 is 17.8 Å². The van der Waals surface area contributed by atoms with Crippen molar-refractivity contribution >= 4 is 17.8 Å². The summed E-state index contributed by atoms with van der Waals surface area (Å²) < 4.78 is 5.12. The standard InChI is InChI=1S/C19H15N5O5/c1-28-15-8-6-14(7-9-15)24-21-18(20-22-24)12-2-4-13(5-3-12)19(27)29-23-16(25)10-11-17(23)26/h2-9H,10-11H2,1H3. The van der Waals surface area contributed by atoms with Crippen LogP contribution in [0.1, 0.15) is 23.2 Å². The Kier molecular flexibility index (Phi) is 4.73. The van der Waals surface area contributed by atoms with Crippen LogP contribution in [-0.2, 0) is 14.4 Å². The SMILES string of the molecule is COc1ccc(-n2nnc(-c3ccc(C(=O)ON4C(=O)CCC4=O)cc3)n2)cc1. The van der Waals surface area contributed by atoms with Gasteiger partial charge in [-0.2, -0.15) is 0 Å². The Morgan fingerprint density at radius 2 is 1.62 bits per heavy atom. The fraction of sp³-hybridized carbons (Fsp3) is 0.158. The number of benzene rings is 2. The van der Waals surface area contributed by atoms with Gasteiger partial charge in [0.25, 0.3) is 11.8 Å². The van der Waals surface area contributed by atoms with Gasteiger partial charge in [0.05, 0.1) is 18.4 Å². The molecule has 29 heavy (non-hydrogen) atoms. The molecule has 2 heterocycles. The first-order valence-corrected chi connectivity index (χ1v) is 8.68. The summed E-state index contributed by atoms with van der Waals surface area (Å²) >= 11 is 0. The van der Waals surface area contributed by atoms with Crippen molar-refractivity contribution in [1.29, 1.82) is 0 Å². The maximum Gasteiger partial charge on any atom is 0.363 e. The van der Waals surface area contributed by atoms with Gasteiger partial charge in [0.2, 0.25) is 5.82 Å². The van der Waals surface area contributed by atoms with Crippen LogP contribution in [-0.4, -0.2) is 50.2 Å². The molecule has 0 N–H and O–H groups in total. The summed E-state index contributed by atoms with van der Waals surface area (Å²) in [7, 11) is 1.58. The molecule has 10 nitrogen and oxygen atoms in total. The van der Waals surface area contributed by atoms with E-state index in [2.05, 4.69) is 15.4 Å². The second-order valence-electron chi connectivity index (χ2n) is 6.14. The van der Waals surface area contributed by atoms with Crippen LogP contribution in [0.5, 0.6) is 5.75 Å². The van der Waals surface area contributed by atoms with Gasteiger partial charge in [-0.25, -0.2) is 4.79 Å². The van der Waals surface area contributed by atoms with Crippen LogP contribution in [0, 0.1) is 0 Å². The van der Waals surface area contributed by atoms with Crippen molar-refractivity contribution in [2.45, 2.75) is 12.8 Å². The number of rotatable bonds is 5. The summed E-state index contributed by atoms with van der Waals surface area (Å²) in [6.07, 6.45) is 0.0845. The summed E-state index contributed by atoms with van der Waals surface area (Å²) in [5.41, 5.74) is 1.53. The van der Waals surface area contributed by atoms with Crippen molar-refractivity contribution in [1.82, 2.24) is 25.3 Å². The molecule has 1 aliphatic heterocycles. The van der Waals surface area contributed by atoms with Gasteiger partial charge in [-0.15, -0.1) is 20.1 Å². The minimum absolute atomic E-state index is 0.0422. The molecule has 4 rings (SSSR count). The van der Waals surface area contributed by atoms with Crippen molar-refractivity contribution in [2.24, 2.45) is 0 Å². The zero-order valence-corrected chi connectivity index (χ0v) is 15.3. The number of hydrogen-bond acceptors (Lipinski definition) is 8. The average molecular weight is 393 g/mol. The minimum Gasteiger partial charge on any atom is -0.497 e. The molecule has 3 aromatic rings. The molecule has 0 radical (unpaired) electrons. The first kappa shape index (κ1) is 18.3. The molecule has 0 unspecified atom stereocenters. The number of aromatic nitrogens is 4. The fourth-order valence-corrected chi connectivity index (χ4v) is 2.70. The molecule has 146 valence electrons.